The lowest BCUT2D eigenvalue weighted by Gasteiger charge is -2.20. The van der Waals surface area contributed by atoms with Gasteiger partial charge in [0.1, 0.15) is 0 Å². The first-order valence-corrected chi connectivity index (χ1v) is 26.1. The van der Waals surface area contributed by atoms with Crippen LogP contribution in [0.15, 0.2) is 24.3 Å². The second-order valence-electron chi connectivity index (χ2n) is 17.9. The molecule has 0 aromatic heterocycles. The number of unbranched alkanes of at least 4 members (excludes halogenated alkanes) is 35. The molecule has 0 fully saturated rings. The third kappa shape index (κ3) is 45.7. The molecule has 0 aliphatic rings. The molecule has 1 amide bonds. The van der Waals surface area contributed by atoms with Gasteiger partial charge in [0, 0.05) is 12.8 Å². The summed E-state index contributed by atoms with van der Waals surface area (Å²) in [6.45, 7) is 4.85. The maximum atomic E-state index is 12.4. The van der Waals surface area contributed by atoms with Crippen molar-refractivity contribution in [1.82, 2.24) is 5.32 Å². The van der Waals surface area contributed by atoms with Crippen molar-refractivity contribution in [2.45, 2.75) is 289 Å². The van der Waals surface area contributed by atoms with Gasteiger partial charge in [-0.2, -0.15) is 0 Å². The molecule has 59 heavy (non-hydrogen) atoms. The van der Waals surface area contributed by atoms with Gasteiger partial charge in [0.05, 0.1) is 25.4 Å². The molecular formula is C53H101NO5. The zero-order chi connectivity index (χ0) is 43.0. The second kappa shape index (κ2) is 49.0. The molecule has 0 spiro atoms. The number of hydrogen-bond donors (Lipinski definition) is 3. The minimum atomic E-state index is -0.844. The number of ether oxygens (including phenoxy) is 1. The Morgan fingerprint density at radius 3 is 1.25 bits per heavy atom. The fraction of sp³-hybridized carbons (Fsp3) is 0.887. The summed E-state index contributed by atoms with van der Waals surface area (Å²) >= 11 is 0. The van der Waals surface area contributed by atoms with Crippen LogP contribution < -0.4 is 5.32 Å². The molecule has 0 aromatic carbocycles. The number of carbonyl (C=O) groups excluding carboxylic acids is 2. The van der Waals surface area contributed by atoms with Gasteiger partial charge in [-0.15, -0.1) is 0 Å². The van der Waals surface area contributed by atoms with Gasteiger partial charge in [0.25, 0.3) is 0 Å². The van der Waals surface area contributed by atoms with E-state index in [0.717, 1.165) is 44.9 Å². The number of amides is 1. The van der Waals surface area contributed by atoms with Crippen molar-refractivity contribution in [3.63, 3.8) is 0 Å². The average molecular weight is 832 g/mol. The van der Waals surface area contributed by atoms with E-state index >= 15 is 0 Å². The van der Waals surface area contributed by atoms with E-state index in [1.54, 1.807) is 6.08 Å². The largest absolute Gasteiger partial charge is 0.466 e. The first-order chi connectivity index (χ1) is 29.0. The molecule has 3 N–H and O–H groups in total. The van der Waals surface area contributed by atoms with Crippen LogP contribution in [0.4, 0.5) is 0 Å². The smallest absolute Gasteiger partial charge is 0.305 e. The van der Waals surface area contributed by atoms with Crippen LogP contribution in [0.1, 0.15) is 277 Å². The highest BCUT2D eigenvalue weighted by molar-refractivity contribution is 5.76. The first kappa shape index (κ1) is 57.3. The summed E-state index contributed by atoms with van der Waals surface area (Å²) in [5.74, 6) is -0.0750. The molecule has 348 valence electrons. The van der Waals surface area contributed by atoms with Gasteiger partial charge in [-0.3, -0.25) is 9.59 Å². The van der Waals surface area contributed by atoms with E-state index in [1.807, 2.05) is 6.08 Å². The highest BCUT2D eigenvalue weighted by Gasteiger charge is 2.18. The standard InChI is InChI=1S/C53H101NO5/c1-3-5-7-9-11-13-15-26-29-33-37-41-45-51(56)50(49-55)54-52(57)46-42-38-34-30-27-23-21-19-17-16-18-20-22-24-28-32-36-40-44-48-59-53(58)47-43-39-35-31-25-14-12-10-8-6-4-2/h10,12,41,45,50-51,55-56H,3-9,11,13-40,42-44,46-49H2,1-2H3,(H,54,57)/b12-10-,45-41+. The van der Waals surface area contributed by atoms with Gasteiger partial charge in [0.15, 0.2) is 0 Å². The zero-order valence-electron chi connectivity index (χ0n) is 39.5. The molecule has 0 aliphatic carbocycles. The molecule has 0 saturated heterocycles. The Bertz CT molecular complexity index is 920. The molecule has 0 aliphatic heterocycles. The van der Waals surface area contributed by atoms with Crippen molar-refractivity contribution in [3.05, 3.63) is 24.3 Å². The number of esters is 1. The summed E-state index contributed by atoms with van der Waals surface area (Å²) in [6.07, 6.45) is 57.5. The van der Waals surface area contributed by atoms with Crippen LogP contribution >= 0.6 is 0 Å². The van der Waals surface area contributed by atoms with Crippen molar-refractivity contribution in [2.24, 2.45) is 0 Å². The minimum absolute atomic E-state index is 0.00322. The Morgan fingerprint density at radius 1 is 0.458 bits per heavy atom. The normalized spacial score (nSPS) is 12.8. The Morgan fingerprint density at radius 2 is 0.814 bits per heavy atom. The molecule has 2 atom stereocenters. The van der Waals surface area contributed by atoms with Gasteiger partial charge < -0.3 is 20.3 Å². The predicted octanol–water partition coefficient (Wildman–Crippen LogP) is 15.5. The number of aliphatic hydroxyl groups excluding tert-OH is 2. The molecule has 0 saturated carbocycles. The Labute approximate surface area is 367 Å². The number of allylic oxidation sites excluding steroid dienone is 3. The van der Waals surface area contributed by atoms with E-state index in [2.05, 4.69) is 31.3 Å². The van der Waals surface area contributed by atoms with E-state index in [9.17, 15) is 19.8 Å². The van der Waals surface area contributed by atoms with Crippen LogP contribution in [-0.2, 0) is 14.3 Å². The summed E-state index contributed by atoms with van der Waals surface area (Å²) in [7, 11) is 0. The quantitative estimate of drug-likeness (QED) is 0.0322. The van der Waals surface area contributed by atoms with Crippen molar-refractivity contribution >= 4 is 11.9 Å². The molecule has 0 aromatic rings. The molecule has 6 heteroatoms. The Balaban J connectivity index is 3.42. The van der Waals surface area contributed by atoms with Crippen LogP contribution in [0, 0.1) is 0 Å². The van der Waals surface area contributed by atoms with Crippen molar-refractivity contribution in [2.75, 3.05) is 13.2 Å². The van der Waals surface area contributed by atoms with E-state index in [4.69, 9.17) is 4.74 Å². The summed E-state index contributed by atoms with van der Waals surface area (Å²) < 4.78 is 5.45. The first-order valence-electron chi connectivity index (χ1n) is 26.1. The van der Waals surface area contributed by atoms with Crippen molar-refractivity contribution in [1.29, 1.82) is 0 Å². The van der Waals surface area contributed by atoms with E-state index in [0.29, 0.717) is 19.4 Å². The van der Waals surface area contributed by atoms with Gasteiger partial charge in [0.2, 0.25) is 5.91 Å². The maximum Gasteiger partial charge on any atom is 0.305 e. The third-order valence-corrected chi connectivity index (χ3v) is 12.0. The van der Waals surface area contributed by atoms with Gasteiger partial charge in [-0.1, -0.05) is 237 Å². The third-order valence-electron chi connectivity index (χ3n) is 12.0. The fourth-order valence-corrected chi connectivity index (χ4v) is 7.91. The highest BCUT2D eigenvalue weighted by Crippen LogP contribution is 2.16. The number of aliphatic hydroxyl groups is 2. The molecule has 0 bridgehead atoms. The van der Waals surface area contributed by atoms with Gasteiger partial charge in [-0.25, -0.2) is 0 Å². The molecular weight excluding hydrogens is 731 g/mol. The minimum Gasteiger partial charge on any atom is -0.466 e. The van der Waals surface area contributed by atoms with Crippen molar-refractivity contribution in [3.8, 4) is 0 Å². The molecule has 0 radical (unpaired) electrons. The van der Waals surface area contributed by atoms with E-state index < -0.39 is 12.1 Å². The fourth-order valence-electron chi connectivity index (χ4n) is 7.91. The molecule has 0 heterocycles. The Hall–Kier alpha value is -1.66. The number of rotatable bonds is 48. The van der Waals surface area contributed by atoms with E-state index in [-0.39, 0.29) is 18.5 Å². The number of carbonyl (C=O) groups is 2. The lowest BCUT2D eigenvalue weighted by atomic mass is 10.0. The molecule has 2 unspecified atom stereocenters. The van der Waals surface area contributed by atoms with Crippen LogP contribution in [-0.4, -0.2) is 47.4 Å². The summed E-state index contributed by atoms with van der Waals surface area (Å²) in [4.78, 5) is 24.4. The summed E-state index contributed by atoms with van der Waals surface area (Å²) in [5.41, 5.74) is 0. The van der Waals surface area contributed by atoms with Crippen LogP contribution in [0.3, 0.4) is 0 Å². The van der Waals surface area contributed by atoms with E-state index in [1.165, 1.54) is 205 Å². The highest BCUT2D eigenvalue weighted by atomic mass is 16.5. The Kier molecular flexibility index (Phi) is 47.6. The van der Waals surface area contributed by atoms with Crippen LogP contribution in [0.5, 0.6) is 0 Å². The van der Waals surface area contributed by atoms with Gasteiger partial charge >= 0.3 is 5.97 Å². The number of hydrogen-bond acceptors (Lipinski definition) is 5. The predicted molar refractivity (Wildman–Crippen MR) is 255 cm³/mol. The SMILES string of the molecule is CCCC/C=C\CCCCCCCC(=O)OCCCCCCCCCCCCCCCCCCCCCC(=O)NC(CO)C(O)/C=C/CCCCCCCCCCCC. The number of nitrogens with one attached hydrogen (secondary N) is 1. The molecule has 0 rings (SSSR count). The van der Waals surface area contributed by atoms with Gasteiger partial charge in [-0.05, 0) is 51.4 Å². The summed E-state index contributed by atoms with van der Waals surface area (Å²) in [6, 6.07) is -0.628. The van der Waals surface area contributed by atoms with Crippen LogP contribution in [0.2, 0.25) is 0 Å². The van der Waals surface area contributed by atoms with Crippen LogP contribution in [0.25, 0.3) is 0 Å². The lowest BCUT2D eigenvalue weighted by molar-refractivity contribution is -0.143. The molecule has 6 nitrogen and oxygen atoms in total. The lowest BCUT2D eigenvalue weighted by Crippen LogP contribution is -2.45. The maximum absolute atomic E-state index is 12.4. The topological polar surface area (TPSA) is 95.9 Å². The average Bonchev–Trinajstić information content (AvgIpc) is 3.24. The zero-order valence-corrected chi connectivity index (χ0v) is 39.5. The summed E-state index contributed by atoms with van der Waals surface area (Å²) in [5, 5.41) is 23.0. The monoisotopic (exact) mass is 832 g/mol. The van der Waals surface area contributed by atoms with Crippen molar-refractivity contribution < 1.29 is 24.5 Å². The second-order valence-corrected chi connectivity index (χ2v) is 17.9.